The number of fused-ring (bicyclic) bond motifs is 4. The third kappa shape index (κ3) is 3.01. The highest BCUT2D eigenvalue weighted by Crippen LogP contribution is 2.51. The fourth-order valence-electron chi connectivity index (χ4n) is 5.57. The van der Waals surface area contributed by atoms with Crippen LogP contribution in [0.25, 0.3) is 0 Å². The lowest BCUT2D eigenvalue weighted by Crippen LogP contribution is -2.99. The van der Waals surface area contributed by atoms with Gasteiger partial charge in [0.1, 0.15) is 17.9 Å². The molecule has 0 bridgehead atoms. The maximum atomic E-state index is 13.8. The van der Waals surface area contributed by atoms with Crippen molar-refractivity contribution in [2.75, 3.05) is 10.2 Å². The Hall–Kier alpha value is -2.94. The first-order chi connectivity index (χ1) is 15.7. The highest BCUT2D eigenvalue weighted by molar-refractivity contribution is 6.32. The smallest absolute Gasteiger partial charge is 0.291 e. The standard InChI is InChI=1S/C23H20Cl2N4O4/c1-10-14(25)7-6-13-19(10)27-22(33)23(13)18-17(15(28-23)8-9-16(26)30)20(31)29(21(18)32)12-4-2-11(24)3-5-12/h2-7,15,17-18,28H,8-9H2,1H3,(H2,26,30)(H,27,33)/p+1/t15-,17+,18-,23+/m0/s1. The van der Waals surface area contributed by atoms with Gasteiger partial charge in [-0.3, -0.25) is 19.2 Å². The molecule has 3 aliphatic heterocycles. The Morgan fingerprint density at radius 3 is 2.48 bits per heavy atom. The number of imide groups is 1. The molecule has 0 radical (unpaired) electrons. The molecule has 5 rings (SSSR count). The van der Waals surface area contributed by atoms with Crippen molar-refractivity contribution in [3.8, 4) is 0 Å². The summed E-state index contributed by atoms with van der Waals surface area (Å²) in [7, 11) is 0. The second-order valence-electron chi connectivity index (χ2n) is 8.75. The number of nitrogens with one attached hydrogen (secondary N) is 1. The number of carbonyl (C=O) groups excluding carboxylic acids is 4. The van der Waals surface area contributed by atoms with E-state index >= 15 is 0 Å². The molecule has 0 saturated carbocycles. The second kappa shape index (κ2) is 7.55. The molecule has 170 valence electrons. The number of rotatable bonds is 4. The topological polar surface area (TPSA) is 126 Å². The summed E-state index contributed by atoms with van der Waals surface area (Å²) < 4.78 is 0. The molecule has 0 aromatic heterocycles. The van der Waals surface area contributed by atoms with Crippen LogP contribution in [0.4, 0.5) is 11.4 Å². The van der Waals surface area contributed by atoms with Crippen LogP contribution in [-0.4, -0.2) is 29.7 Å². The Balaban J connectivity index is 1.66. The van der Waals surface area contributed by atoms with Gasteiger partial charge in [0.2, 0.25) is 23.3 Å². The summed E-state index contributed by atoms with van der Waals surface area (Å²) in [6, 6.07) is 9.33. The predicted octanol–water partition coefficient (Wildman–Crippen LogP) is 1.47. The Morgan fingerprint density at radius 2 is 1.82 bits per heavy atom. The van der Waals surface area contributed by atoms with Crippen molar-refractivity contribution >= 4 is 58.2 Å². The number of anilines is 2. The summed E-state index contributed by atoms with van der Waals surface area (Å²) in [4.78, 5) is 53.5. The van der Waals surface area contributed by atoms with Crippen LogP contribution in [0, 0.1) is 18.8 Å². The van der Waals surface area contributed by atoms with E-state index in [2.05, 4.69) is 5.32 Å². The van der Waals surface area contributed by atoms with Crippen LogP contribution >= 0.6 is 23.2 Å². The van der Waals surface area contributed by atoms with E-state index in [4.69, 9.17) is 28.9 Å². The maximum Gasteiger partial charge on any atom is 0.291 e. The number of halogens is 2. The molecule has 5 N–H and O–H groups in total. The lowest BCUT2D eigenvalue weighted by atomic mass is 9.76. The number of benzene rings is 2. The van der Waals surface area contributed by atoms with E-state index < -0.39 is 41.1 Å². The summed E-state index contributed by atoms with van der Waals surface area (Å²) >= 11 is 12.3. The van der Waals surface area contributed by atoms with E-state index in [1.54, 1.807) is 48.6 Å². The first kappa shape index (κ1) is 21.9. The van der Waals surface area contributed by atoms with Crippen LogP contribution in [0.15, 0.2) is 36.4 Å². The van der Waals surface area contributed by atoms with E-state index in [0.717, 1.165) is 4.90 Å². The molecule has 2 aromatic carbocycles. The zero-order valence-corrected chi connectivity index (χ0v) is 19.1. The van der Waals surface area contributed by atoms with Crippen molar-refractivity contribution in [3.05, 3.63) is 57.6 Å². The first-order valence-corrected chi connectivity index (χ1v) is 11.3. The third-order valence-electron chi connectivity index (χ3n) is 7.05. The van der Waals surface area contributed by atoms with Gasteiger partial charge in [0, 0.05) is 28.5 Å². The normalized spacial score (nSPS) is 27.8. The molecule has 1 spiro atoms. The molecule has 8 nitrogen and oxygen atoms in total. The first-order valence-electron chi connectivity index (χ1n) is 10.6. The molecule has 4 atom stereocenters. The van der Waals surface area contributed by atoms with Gasteiger partial charge in [0.15, 0.2) is 0 Å². The quantitative estimate of drug-likeness (QED) is 0.564. The number of nitrogens with two attached hydrogens (primary N) is 2. The summed E-state index contributed by atoms with van der Waals surface area (Å²) in [6.07, 6.45) is 0.303. The van der Waals surface area contributed by atoms with Gasteiger partial charge in [-0.15, -0.1) is 0 Å². The van der Waals surface area contributed by atoms with E-state index in [1.165, 1.54) is 0 Å². The van der Waals surface area contributed by atoms with Crippen LogP contribution in [0.5, 0.6) is 0 Å². The number of amides is 4. The number of nitrogens with zero attached hydrogens (tertiary/aromatic N) is 1. The van der Waals surface area contributed by atoms with Gasteiger partial charge in [-0.1, -0.05) is 23.2 Å². The fourth-order valence-corrected chi connectivity index (χ4v) is 5.85. The lowest BCUT2D eigenvalue weighted by Gasteiger charge is -2.26. The average Bonchev–Trinajstić information content (AvgIpc) is 3.35. The van der Waals surface area contributed by atoms with Crippen molar-refractivity contribution in [2.45, 2.75) is 31.3 Å². The Labute approximate surface area is 199 Å². The lowest BCUT2D eigenvalue weighted by molar-refractivity contribution is -0.733. The van der Waals surface area contributed by atoms with E-state index in [0.29, 0.717) is 32.5 Å². The zero-order valence-electron chi connectivity index (χ0n) is 17.6. The molecule has 2 saturated heterocycles. The minimum Gasteiger partial charge on any atom is -0.370 e. The third-order valence-corrected chi connectivity index (χ3v) is 7.71. The molecule has 2 fully saturated rings. The molecule has 3 aliphatic rings. The number of hydrogen-bond donors (Lipinski definition) is 3. The monoisotopic (exact) mass is 487 g/mol. The van der Waals surface area contributed by atoms with Gasteiger partial charge in [-0.05, 0) is 48.9 Å². The largest absolute Gasteiger partial charge is 0.370 e. The minimum absolute atomic E-state index is 0.0387. The van der Waals surface area contributed by atoms with Gasteiger partial charge in [-0.25, -0.2) is 4.90 Å². The van der Waals surface area contributed by atoms with Crippen LogP contribution in [0.3, 0.4) is 0 Å². The van der Waals surface area contributed by atoms with E-state index in [9.17, 15) is 19.2 Å². The highest BCUT2D eigenvalue weighted by Gasteiger charge is 2.74. The predicted molar refractivity (Wildman–Crippen MR) is 122 cm³/mol. The molecule has 33 heavy (non-hydrogen) atoms. The SMILES string of the molecule is Cc1c(Cl)ccc2c1NC(=O)[C@@]21[NH2+][C@@H](CCC(N)=O)[C@H]2C(=O)N(c3ccc(Cl)cc3)C(=O)[C@H]21. The average molecular weight is 488 g/mol. The highest BCUT2D eigenvalue weighted by atomic mass is 35.5. The van der Waals surface area contributed by atoms with Gasteiger partial charge >= 0.3 is 0 Å². The zero-order chi connectivity index (χ0) is 23.7. The van der Waals surface area contributed by atoms with Crippen LogP contribution in [0.1, 0.15) is 24.0 Å². The number of quaternary nitrogens is 1. The molecular weight excluding hydrogens is 467 g/mol. The van der Waals surface area contributed by atoms with Gasteiger partial charge < -0.3 is 16.4 Å². The summed E-state index contributed by atoms with van der Waals surface area (Å²) in [5.74, 6) is -3.48. The molecule has 4 amide bonds. The summed E-state index contributed by atoms with van der Waals surface area (Å²) in [6.45, 7) is 1.79. The summed E-state index contributed by atoms with van der Waals surface area (Å²) in [5, 5.41) is 5.62. The summed E-state index contributed by atoms with van der Waals surface area (Å²) in [5.41, 5.74) is 6.28. The van der Waals surface area contributed by atoms with Gasteiger partial charge in [0.25, 0.3) is 5.91 Å². The Kier molecular flexibility index (Phi) is 5.00. The van der Waals surface area contributed by atoms with Crippen molar-refractivity contribution in [1.29, 1.82) is 0 Å². The number of carbonyl (C=O) groups is 4. The molecule has 3 heterocycles. The van der Waals surface area contributed by atoms with Gasteiger partial charge in [0.05, 0.1) is 11.4 Å². The van der Waals surface area contributed by atoms with Crippen molar-refractivity contribution in [1.82, 2.24) is 0 Å². The maximum absolute atomic E-state index is 13.8. The fraction of sp³-hybridized carbons (Fsp3) is 0.304. The van der Waals surface area contributed by atoms with E-state index in [1.807, 2.05) is 0 Å². The minimum atomic E-state index is -1.34. The number of hydrogen-bond acceptors (Lipinski definition) is 4. The molecular formula is C23H21Cl2N4O4+. The molecule has 2 aromatic rings. The molecule has 10 heteroatoms. The van der Waals surface area contributed by atoms with Gasteiger partial charge in [-0.2, -0.15) is 0 Å². The molecule has 0 aliphatic carbocycles. The Bertz CT molecular complexity index is 1230. The molecule has 0 unspecified atom stereocenters. The van der Waals surface area contributed by atoms with Crippen LogP contribution in [0.2, 0.25) is 10.0 Å². The second-order valence-corrected chi connectivity index (χ2v) is 9.59. The number of primary amides is 1. The van der Waals surface area contributed by atoms with E-state index in [-0.39, 0.29) is 18.7 Å². The van der Waals surface area contributed by atoms with Crippen molar-refractivity contribution < 1.29 is 24.5 Å². The Morgan fingerprint density at radius 1 is 1.12 bits per heavy atom. The van der Waals surface area contributed by atoms with Crippen LogP contribution in [-0.2, 0) is 24.7 Å². The van der Waals surface area contributed by atoms with Crippen LogP contribution < -0.4 is 21.3 Å². The van der Waals surface area contributed by atoms with Crippen molar-refractivity contribution in [3.63, 3.8) is 0 Å². The van der Waals surface area contributed by atoms with Crippen molar-refractivity contribution in [2.24, 2.45) is 17.6 Å².